The minimum Gasteiger partial charge on any atom is -0.508 e. The monoisotopic (exact) mass is 464 g/mol. The molecule has 1 fully saturated rings. The van der Waals surface area contributed by atoms with Crippen molar-refractivity contribution in [2.45, 2.75) is 13.3 Å². The smallest absolute Gasteiger partial charge is 0.302 e. The molecule has 2 unspecified atom stereocenters. The number of nitrogens with one attached hydrogen (secondary N) is 1. The number of carbonyl (C=O) groups excluding carboxylic acids is 1. The van der Waals surface area contributed by atoms with E-state index in [1.54, 1.807) is 35.9 Å². The first-order chi connectivity index (χ1) is 15.3. The molecule has 174 valence electrons. The van der Waals surface area contributed by atoms with E-state index in [9.17, 15) is 9.59 Å². The molecule has 0 bridgehead atoms. The number of nitrogens with two attached hydrogens (primary N) is 2. The van der Waals surface area contributed by atoms with E-state index >= 15 is 0 Å². The number of fused-ring (bicyclic) bond motifs is 1. The highest BCUT2D eigenvalue weighted by Crippen LogP contribution is 2.38. The predicted molar refractivity (Wildman–Crippen MR) is 127 cm³/mol. The van der Waals surface area contributed by atoms with Crippen LogP contribution in [0.3, 0.4) is 0 Å². The molecule has 2 atom stereocenters. The summed E-state index contributed by atoms with van der Waals surface area (Å²) >= 11 is 0. The van der Waals surface area contributed by atoms with Crippen LogP contribution in [0.15, 0.2) is 47.0 Å². The minimum absolute atomic E-state index is 0.0508. The van der Waals surface area contributed by atoms with Crippen molar-refractivity contribution in [2.24, 2.45) is 11.7 Å². The van der Waals surface area contributed by atoms with Crippen molar-refractivity contribution in [3.05, 3.63) is 52.6 Å². The molecule has 1 aromatic carbocycles. The van der Waals surface area contributed by atoms with E-state index in [1.165, 1.54) is 20.3 Å². The number of H-pyrrole nitrogens is 1. The fourth-order valence-electron chi connectivity index (χ4n) is 2.41. The zero-order valence-corrected chi connectivity index (χ0v) is 19.3. The highest BCUT2D eigenvalue weighted by atomic mass is 31.0. The second-order valence-corrected chi connectivity index (χ2v) is 6.73. The van der Waals surface area contributed by atoms with Gasteiger partial charge in [0.15, 0.2) is 11.2 Å². The molecule has 1 aliphatic carbocycles. The molecule has 11 nitrogen and oxygen atoms in total. The van der Waals surface area contributed by atoms with Crippen LogP contribution in [0, 0.1) is 5.92 Å². The van der Waals surface area contributed by atoms with Gasteiger partial charge in [-0.1, -0.05) is 18.2 Å². The minimum atomic E-state index is -0.364. The lowest BCUT2D eigenvalue weighted by molar-refractivity contribution is -0.141. The van der Waals surface area contributed by atoms with Gasteiger partial charge in [0.1, 0.15) is 12.1 Å². The van der Waals surface area contributed by atoms with Crippen molar-refractivity contribution in [3.63, 3.8) is 0 Å². The number of nitrogen functional groups attached to an aromatic ring is 1. The van der Waals surface area contributed by atoms with Gasteiger partial charge in [0.05, 0.1) is 6.61 Å². The maximum absolute atomic E-state index is 11.6. The molecule has 1 saturated carbocycles. The number of carbonyl (C=O) groups is 1. The van der Waals surface area contributed by atoms with E-state index in [-0.39, 0.29) is 28.9 Å². The standard InChI is InChI=1S/C12H13N5O3.C6H6O.CH5N.CH5OP/c1-6(18)20-4-8-2-7(8)3-17-5-14-9-10(17)15-12(13)16-11(9)19;7-6-4-2-1-3-5-6;1-2;1-2-3/h3,5,8H,2,4H2,1H3,(H3,13,15,16,19);1-5,7H;2H2,1H3;3H2,1H3/b7-3-;;;. The molecular weight excluding hydrogens is 435 g/mol. The van der Waals surface area contributed by atoms with Gasteiger partial charge >= 0.3 is 5.97 Å². The molecular formula is C20H29N6O5P. The highest BCUT2D eigenvalue weighted by molar-refractivity contribution is 7.09. The number of aromatic amines is 1. The van der Waals surface area contributed by atoms with Crippen molar-refractivity contribution in [3.8, 4) is 5.75 Å². The number of benzene rings is 1. The number of phenols is 1. The Morgan fingerprint density at radius 2 is 2.00 bits per heavy atom. The Balaban J connectivity index is 0.000000355. The van der Waals surface area contributed by atoms with E-state index in [0.29, 0.717) is 18.0 Å². The van der Waals surface area contributed by atoms with Gasteiger partial charge in [-0.15, -0.1) is 0 Å². The van der Waals surface area contributed by atoms with Crippen molar-refractivity contribution in [2.75, 3.05) is 26.5 Å². The zero-order chi connectivity index (χ0) is 24.1. The second kappa shape index (κ2) is 13.9. The number of hydrogen-bond acceptors (Lipinski definition) is 9. The maximum Gasteiger partial charge on any atom is 0.302 e. The Kier molecular flexibility index (Phi) is 11.6. The third-order valence-corrected chi connectivity index (χ3v) is 3.85. The lowest BCUT2D eigenvalue weighted by Crippen LogP contribution is -2.11. The Labute approximate surface area is 187 Å². The zero-order valence-electron chi connectivity index (χ0n) is 18.2. The first-order valence-electron chi connectivity index (χ1n) is 9.46. The molecule has 32 heavy (non-hydrogen) atoms. The van der Waals surface area contributed by atoms with E-state index in [0.717, 1.165) is 12.0 Å². The molecule has 3 aromatic rings. The van der Waals surface area contributed by atoms with Crippen LogP contribution in [0.4, 0.5) is 5.95 Å². The summed E-state index contributed by atoms with van der Waals surface area (Å²) in [5.41, 5.74) is 11.4. The molecule has 4 rings (SSSR count). The lowest BCUT2D eigenvalue weighted by atomic mass is 10.3. The Morgan fingerprint density at radius 3 is 2.53 bits per heavy atom. The summed E-state index contributed by atoms with van der Waals surface area (Å²) in [6.45, 7) is 1.76. The average Bonchev–Trinajstić information content (AvgIpc) is 3.39. The number of imidazole rings is 1. The predicted octanol–water partition coefficient (Wildman–Crippen LogP) is 1.52. The van der Waals surface area contributed by atoms with Gasteiger partial charge < -0.3 is 25.8 Å². The van der Waals surface area contributed by atoms with Crippen molar-refractivity contribution < 1.29 is 19.2 Å². The van der Waals surface area contributed by atoms with Crippen molar-refractivity contribution in [1.82, 2.24) is 19.5 Å². The summed E-state index contributed by atoms with van der Waals surface area (Å²) in [6.07, 6.45) is 4.21. The van der Waals surface area contributed by atoms with E-state index < -0.39 is 0 Å². The molecule has 2 heterocycles. The molecule has 0 amide bonds. The molecule has 1 aliphatic rings. The molecule has 0 spiro atoms. The van der Waals surface area contributed by atoms with Crippen molar-refractivity contribution in [1.29, 1.82) is 0 Å². The van der Waals surface area contributed by atoms with Gasteiger partial charge in [-0.3, -0.25) is 19.1 Å². The number of esters is 1. The number of ether oxygens (including phenoxy) is 1. The van der Waals surface area contributed by atoms with Crippen LogP contribution in [0.5, 0.6) is 5.75 Å². The Hall–Kier alpha value is -3.27. The molecule has 12 heteroatoms. The number of aromatic nitrogens is 4. The van der Waals surface area contributed by atoms with Gasteiger partial charge in [-0.05, 0) is 40.6 Å². The van der Waals surface area contributed by atoms with Crippen LogP contribution < -0.4 is 17.0 Å². The SMILES string of the molecule is CC(=O)OCC1C/C1=C/n1cnc2c(=O)[nH]c(N)nc21.CN.COP.Oc1ccccc1. The van der Waals surface area contributed by atoms with Crippen LogP contribution >= 0.6 is 9.47 Å². The summed E-state index contributed by atoms with van der Waals surface area (Å²) in [6, 6.07) is 8.71. The third-order valence-electron chi connectivity index (χ3n) is 3.85. The number of para-hydroxylation sites is 1. The summed E-state index contributed by atoms with van der Waals surface area (Å²) in [7, 11) is 5.17. The number of phenolic OH excluding ortho intramolecular Hbond substituents is 1. The number of aromatic hydroxyl groups is 1. The highest BCUT2D eigenvalue weighted by Gasteiger charge is 2.31. The number of hydrogen-bond donors (Lipinski definition) is 4. The van der Waals surface area contributed by atoms with Gasteiger partial charge in [-0.2, -0.15) is 4.98 Å². The van der Waals surface area contributed by atoms with E-state index in [4.69, 9.17) is 15.6 Å². The second-order valence-electron chi connectivity index (χ2n) is 6.25. The Bertz CT molecular complexity index is 1070. The molecule has 0 saturated heterocycles. The van der Waals surface area contributed by atoms with Crippen LogP contribution in [-0.4, -0.2) is 51.4 Å². The number of rotatable bonds is 3. The van der Waals surface area contributed by atoms with Gasteiger partial charge in [0.2, 0.25) is 5.95 Å². The largest absolute Gasteiger partial charge is 0.508 e. The quantitative estimate of drug-likeness (QED) is 0.331. The lowest BCUT2D eigenvalue weighted by Gasteiger charge is -1.98. The third kappa shape index (κ3) is 8.84. The first kappa shape index (κ1) is 26.8. The first-order valence-corrected chi connectivity index (χ1v) is 9.93. The van der Waals surface area contributed by atoms with E-state index in [2.05, 4.69) is 34.7 Å². The average molecular weight is 464 g/mol. The summed E-state index contributed by atoms with van der Waals surface area (Å²) in [4.78, 5) is 32.8. The maximum atomic E-state index is 11.6. The summed E-state index contributed by atoms with van der Waals surface area (Å²) < 4.78 is 10.8. The summed E-state index contributed by atoms with van der Waals surface area (Å²) in [5.74, 6) is 0.318. The normalized spacial score (nSPS) is 14.8. The Morgan fingerprint density at radius 1 is 1.38 bits per heavy atom. The van der Waals surface area contributed by atoms with Crippen LogP contribution in [0.1, 0.15) is 13.3 Å². The van der Waals surface area contributed by atoms with E-state index in [1.807, 2.05) is 12.3 Å². The molecule has 0 aliphatic heterocycles. The topological polar surface area (TPSA) is 171 Å². The van der Waals surface area contributed by atoms with Gasteiger partial charge in [0, 0.05) is 26.2 Å². The summed E-state index contributed by atoms with van der Waals surface area (Å²) in [5, 5.41) is 8.63. The van der Waals surface area contributed by atoms with Crippen molar-refractivity contribution >= 4 is 38.7 Å². The van der Waals surface area contributed by atoms with Crippen LogP contribution in [-0.2, 0) is 14.1 Å². The fourth-order valence-corrected chi connectivity index (χ4v) is 2.41. The molecule has 2 aromatic heterocycles. The number of nitrogens with zero attached hydrogens (tertiary/aromatic N) is 3. The number of anilines is 1. The van der Waals surface area contributed by atoms with Crippen LogP contribution in [0.2, 0.25) is 0 Å². The molecule has 0 radical (unpaired) electrons. The van der Waals surface area contributed by atoms with Crippen LogP contribution in [0.25, 0.3) is 17.4 Å². The van der Waals surface area contributed by atoms with Gasteiger partial charge in [0.25, 0.3) is 5.56 Å². The molecule has 6 N–H and O–H groups in total. The van der Waals surface area contributed by atoms with Gasteiger partial charge in [-0.25, -0.2) is 4.98 Å². The fraction of sp³-hybridized carbons (Fsp3) is 0.300.